The topological polar surface area (TPSA) is 32.8 Å². The predicted molar refractivity (Wildman–Crippen MR) is 147 cm³/mol. The Bertz CT molecular complexity index is 685. The highest BCUT2D eigenvalue weighted by Gasteiger charge is 2.40. The first kappa shape index (κ1) is 30.5. The third-order valence-electron chi connectivity index (χ3n) is 8.47. The Hall–Kier alpha value is -1.55. The lowest BCUT2D eigenvalue weighted by Crippen LogP contribution is -2.49. The Morgan fingerprint density at radius 3 is 2.24 bits per heavy atom. The minimum atomic E-state index is -0.00349. The highest BCUT2D eigenvalue weighted by Crippen LogP contribution is 2.35. The van der Waals surface area contributed by atoms with E-state index in [-0.39, 0.29) is 41.8 Å². The molecule has 0 aliphatic carbocycles. The maximum atomic E-state index is 13.7. The van der Waals surface area contributed by atoms with E-state index in [1.54, 1.807) is 7.11 Å². The van der Waals surface area contributed by atoms with E-state index >= 15 is 0 Å². The molecule has 1 heterocycles. The molecule has 7 atom stereocenters. The second-order valence-corrected chi connectivity index (χ2v) is 11.0. The smallest absolute Gasteiger partial charge is 0.223 e. The van der Waals surface area contributed by atoms with Gasteiger partial charge in [-0.1, -0.05) is 79.2 Å². The van der Waals surface area contributed by atoms with Gasteiger partial charge >= 0.3 is 0 Å². The summed E-state index contributed by atoms with van der Waals surface area (Å²) in [5.41, 5.74) is 2.21. The Labute approximate surface area is 211 Å². The normalized spacial score (nSPS) is 21.5. The summed E-state index contributed by atoms with van der Waals surface area (Å²) in [7, 11) is 3.93. The summed E-state index contributed by atoms with van der Waals surface area (Å²) in [4.78, 5) is 18.2. The lowest BCUT2D eigenvalue weighted by Gasteiger charge is -2.43. The molecule has 1 rings (SSSR count). The quantitative estimate of drug-likeness (QED) is 0.241. The number of ether oxygens (including phenoxy) is 1. The molecular formula is C30H54N2O2. The van der Waals surface area contributed by atoms with Crippen molar-refractivity contribution < 1.29 is 9.53 Å². The van der Waals surface area contributed by atoms with E-state index in [0.29, 0.717) is 18.3 Å². The molecule has 0 radical (unpaired) electrons. The highest BCUT2D eigenvalue weighted by molar-refractivity contribution is 5.77. The minimum Gasteiger partial charge on any atom is -0.379 e. The molecule has 4 heteroatoms. The second kappa shape index (κ2) is 14.1. The molecular weight excluding hydrogens is 420 g/mol. The van der Waals surface area contributed by atoms with Gasteiger partial charge in [-0.25, -0.2) is 0 Å². The minimum absolute atomic E-state index is 0.00349. The van der Waals surface area contributed by atoms with Crippen LogP contribution in [0.3, 0.4) is 0 Å². The van der Waals surface area contributed by atoms with E-state index in [9.17, 15) is 4.79 Å². The third kappa shape index (κ3) is 7.23. The molecule has 0 aromatic heterocycles. The van der Waals surface area contributed by atoms with Crippen molar-refractivity contribution in [2.24, 2.45) is 29.6 Å². The average molecular weight is 475 g/mol. The number of carbonyl (C=O) groups is 1. The van der Waals surface area contributed by atoms with Crippen molar-refractivity contribution in [2.45, 2.75) is 98.8 Å². The van der Waals surface area contributed by atoms with Crippen molar-refractivity contribution in [3.05, 3.63) is 37.1 Å². The fourth-order valence-electron chi connectivity index (χ4n) is 5.89. The van der Waals surface area contributed by atoms with Crippen molar-refractivity contribution >= 4 is 5.91 Å². The van der Waals surface area contributed by atoms with Crippen LogP contribution in [0.1, 0.15) is 80.6 Å². The molecule has 1 saturated heterocycles. The third-order valence-corrected chi connectivity index (χ3v) is 8.47. The summed E-state index contributed by atoms with van der Waals surface area (Å²) in [6.07, 6.45) is 6.66. The van der Waals surface area contributed by atoms with E-state index in [0.717, 1.165) is 43.5 Å². The van der Waals surface area contributed by atoms with Gasteiger partial charge in [-0.2, -0.15) is 0 Å². The number of amides is 1. The van der Waals surface area contributed by atoms with Crippen LogP contribution in [-0.2, 0) is 9.53 Å². The first-order valence-corrected chi connectivity index (χ1v) is 13.5. The van der Waals surface area contributed by atoms with Crippen LogP contribution < -0.4 is 0 Å². The highest BCUT2D eigenvalue weighted by atomic mass is 16.5. The number of hydrogen-bond acceptors (Lipinski definition) is 3. The standard InChI is InChI=1S/C30H54N2O2/c1-13-22(8)29(31(11)24(10)26(15-3)21(6)7)25(14-2)19-28(33)32-18-16-17-27(32)30(34-12)23(9)20(4)5/h15,21-23,25-27,29-30H,3-4,10,13-14,16-19H2,1-2,5-9,11-12H3/t22?,23?,25?,26-,27?,29?,30?/m0/s1. The second-order valence-electron chi connectivity index (χ2n) is 11.0. The van der Waals surface area contributed by atoms with Crippen molar-refractivity contribution in [2.75, 3.05) is 20.7 Å². The molecule has 0 spiro atoms. The van der Waals surface area contributed by atoms with Gasteiger partial charge in [0.2, 0.25) is 5.91 Å². The van der Waals surface area contributed by atoms with Gasteiger partial charge in [-0.05, 0) is 37.5 Å². The SMILES string of the molecule is C=C[C@H](C(=C)N(C)C(C(C)CC)C(CC)CC(=O)N1CCCC1C(OC)C(C)C(=C)C)C(C)C. The molecule has 4 nitrogen and oxygen atoms in total. The zero-order chi connectivity index (χ0) is 26.2. The summed E-state index contributed by atoms with van der Waals surface area (Å²) in [5.74, 6) is 1.89. The van der Waals surface area contributed by atoms with Crippen LogP contribution in [0.2, 0.25) is 0 Å². The van der Waals surface area contributed by atoms with Crippen LogP contribution in [0.15, 0.2) is 37.1 Å². The largest absolute Gasteiger partial charge is 0.379 e. The summed E-state index contributed by atoms with van der Waals surface area (Å²) < 4.78 is 5.92. The van der Waals surface area contributed by atoms with E-state index in [1.807, 2.05) is 6.08 Å². The molecule has 0 bridgehead atoms. The van der Waals surface area contributed by atoms with Crippen molar-refractivity contribution in [1.29, 1.82) is 0 Å². The summed E-state index contributed by atoms with van der Waals surface area (Å²) in [6.45, 7) is 28.9. The Morgan fingerprint density at radius 1 is 1.18 bits per heavy atom. The van der Waals surface area contributed by atoms with Crippen molar-refractivity contribution in [3.63, 3.8) is 0 Å². The van der Waals surface area contributed by atoms with Crippen LogP contribution in [0, 0.1) is 29.6 Å². The molecule has 0 saturated carbocycles. The molecule has 1 aliphatic heterocycles. The van der Waals surface area contributed by atoms with E-state index < -0.39 is 0 Å². The molecule has 34 heavy (non-hydrogen) atoms. The van der Waals surface area contributed by atoms with Crippen LogP contribution >= 0.6 is 0 Å². The number of nitrogens with zero attached hydrogens (tertiary/aromatic N) is 2. The van der Waals surface area contributed by atoms with Crippen LogP contribution in [0.4, 0.5) is 0 Å². The molecule has 0 aromatic carbocycles. The molecule has 1 amide bonds. The molecule has 0 aromatic rings. The van der Waals surface area contributed by atoms with Crippen molar-refractivity contribution in [3.8, 4) is 0 Å². The first-order chi connectivity index (χ1) is 16.0. The maximum absolute atomic E-state index is 13.7. The molecule has 6 unspecified atom stereocenters. The molecule has 1 aliphatic rings. The zero-order valence-electron chi connectivity index (χ0n) is 23.8. The molecule has 196 valence electrons. The monoisotopic (exact) mass is 474 g/mol. The van der Waals surface area contributed by atoms with E-state index in [4.69, 9.17) is 4.74 Å². The van der Waals surface area contributed by atoms with E-state index in [1.165, 1.54) is 0 Å². The van der Waals surface area contributed by atoms with Gasteiger partial charge in [0.25, 0.3) is 0 Å². The van der Waals surface area contributed by atoms with Crippen molar-refractivity contribution in [1.82, 2.24) is 9.80 Å². The number of hydrogen-bond donors (Lipinski definition) is 0. The van der Waals surface area contributed by atoms with Gasteiger partial charge in [0.05, 0.1) is 12.1 Å². The van der Waals surface area contributed by atoms with Gasteiger partial charge in [-0.15, -0.1) is 6.58 Å². The number of allylic oxidation sites excluding steroid dienone is 1. The Morgan fingerprint density at radius 2 is 1.79 bits per heavy atom. The number of likely N-dealkylation sites (tertiary alicyclic amines) is 1. The lowest BCUT2D eigenvalue weighted by atomic mass is 9.81. The van der Waals surface area contributed by atoms with Crippen LogP contribution in [-0.4, -0.2) is 54.6 Å². The van der Waals surface area contributed by atoms with Gasteiger partial charge in [0.1, 0.15) is 0 Å². The van der Waals surface area contributed by atoms with Gasteiger partial charge < -0.3 is 14.5 Å². The fourth-order valence-corrected chi connectivity index (χ4v) is 5.89. The Kier molecular flexibility index (Phi) is 12.7. The summed E-state index contributed by atoms with van der Waals surface area (Å²) in [5, 5.41) is 0. The van der Waals surface area contributed by atoms with Gasteiger partial charge in [-0.3, -0.25) is 4.79 Å². The van der Waals surface area contributed by atoms with Gasteiger partial charge in [0.15, 0.2) is 0 Å². The van der Waals surface area contributed by atoms with Crippen LogP contribution in [0.5, 0.6) is 0 Å². The molecule has 1 fully saturated rings. The van der Waals surface area contributed by atoms with E-state index in [2.05, 4.69) is 85.1 Å². The number of methoxy groups -OCH3 is 1. The fraction of sp³-hybridized carbons (Fsp3) is 0.767. The molecule has 0 N–H and O–H groups in total. The number of rotatable bonds is 15. The Balaban J connectivity index is 3.15. The lowest BCUT2D eigenvalue weighted by molar-refractivity contribution is -0.137. The zero-order valence-corrected chi connectivity index (χ0v) is 23.8. The maximum Gasteiger partial charge on any atom is 0.223 e. The van der Waals surface area contributed by atoms with Gasteiger partial charge in [0, 0.05) is 50.7 Å². The summed E-state index contributed by atoms with van der Waals surface area (Å²) in [6, 6.07) is 0.392. The first-order valence-electron chi connectivity index (χ1n) is 13.5. The van der Waals surface area contributed by atoms with Crippen LogP contribution in [0.25, 0.3) is 0 Å². The summed E-state index contributed by atoms with van der Waals surface area (Å²) >= 11 is 0. The number of carbonyl (C=O) groups excluding carboxylic acids is 1. The average Bonchev–Trinajstić information content (AvgIpc) is 3.28. The predicted octanol–water partition coefficient (Wildman–Crippen LogP) is 6.94.